The molecule has 1 aromatic carbocycles. The van der Waals surface area contributed by atoms with E-state index in [4.69, 9.17) is 14.2 Å². The number of hydrogen-bond acceptors (Lipinski definition) is 5. The Morgan fingerprint density at radius 1 is 1.07 bits per heavy atom. The van der Waals surface area contributed by atoms with Gasteiger partial charge in [0.05, 0.1) is 26.5 Å². The largest absolute Gasteiger partial charge is 0.493 e. The molecule has 0 saturated heterocycles. The Balaban J connectivity index is 3.40. The molecular formula is C10H11NO3S. The fraction of sp³-hybridized carbons (Fsp3) is 0.300. The second kappa shape index (κ2) is 5.34. The molecule has 0 unspecified atom stereocenters. The molecule has 0 aromatic heterocycles. The van der Waals surface area contributed by atoms with Crippen molar-refractivity contribution in [3.63, 3.8) is 0 Å². The van der Waals surface area contributed by atoms with Crippen LogP contribution < -0.4 is 14.2 Å². The van der Waals surface area contributed by atoms with E-state index in [1.807, 2.05) is 0 Å². The van der Waals surface area contributed by atoms with Crippen molar-refractivity contribution in [3.05, 3.63) is 12.1 Å². The van der Waals surface area contributed by atoms with E-state index in [9.17, 15) is 0 Å². The van der Waals surface area contributed by atoms with Crippen LogP contribution in [0.2, 0.25) is 0 Å². The molecule has 1 aromatic rings. The van der Waals surface area contributed by atoms with Crippen LogP contribution in [0.15, 0.2) is 17.1 Å². The first-order chi connectivity index (χ1) is 7.28. The van der Waals surface area contributed by atoms with Crippen molar-refractivity contribution in [1.82, 2.24) is 0 Å². The molecule has 4 nitrogen and oxygen atoms in total. The number of thiocarbonyl (C=S) groups is 1. The average Bonchev–Trinajstić information content (AvgIpc) is 2.28. The van der Waals surface area contributed by atoms with E-state index >= 15 is 0 Å². The predicted octanol–water partition coefficient (Wildman–Crippen LogP) is 2.45. The quantitative estimate of drug-likeness (QED) is 0.583. The van der Waals surface area contributed by atoms with Gasteiger partial charge in [-0.25, -0.2) is 0 Å². The van der Waals surface area contributed by atoms with Crippen LogP contribution in [0.1, 0.15) is 0 Å². The van der Waals surface area contributed by atoms with E-state index in [0.29, 0.717) is 22.9 Å². The summed E-state index contributed by atoms with van der Waals surface area (Å²) in [4.78, 5) is 3.87. The maximum Gasteiger partial charge on any atom is 0.205 e. The van der Waals surface area contributed by atoms with Crippen molar-refractivity contribution in [3.8, 4) is 17.2 Å². The second-order valence-corrected chi connectivity index (χ2v) is 2.74. The Hall–Kier alpha value is -1.58. The summed E-state index contributed by atoms with van der Waals surface area (Å²) in [6.45, 7) is 0. The van der Waals surface area contributed by atoms with Crippen LogP contribution in [0.5, 0.6) is 17.2 Å². The van der Waals surface area contributed by atoms with Crippen LogP contribution in [-0.4, -0.2) is 26.5 Å². The van der Waals surface area contributed by atoms with Crippen LogP contribution in [0, 0.1) is 0 Å². The third-order valence-electron chi connectivity index (χ3n) is 1.85. The third kappa shape index (κ3) is 2.26. The Morgan fingerprint density at radius 2 is 1.73 bits per heavy atom. The maximum atomic E-state index is 5.18. The smallest absolute Gasteiger partial charge is 0.205 e. The highest BCUT2D eigenvalue weighted by Gasteiger charge is 2.14. The van der Waals surface area contributed by atoms with Gasteiger partial charge in [0, 0.05) is 0 Å². The Labute approximate surface area is 93.5 Å². The first-order valence-electron chi connectivity index (χ1n) is 4.15. The molecule has 1 rings (SSSR count). The van der Waals surface area contributed by atoms with Gasteiger partial charge in [0.25, 0.3) is 0 Å². The van der Waals surface area contributed by atoms with Crippen molar-refractivity contribution in [1.29, 1.82) is 0 Å². The van der Waals surface area contributed by atoms with Crippen molar-refractivity contribution in [2.45, 2.75) is 0 Å². The van der Waals surface area contributed by atoms with Crippen LogP contribution in [-0.2, 0) is 0 Å². The molecule has 15 heavy (non-hydrogen) atoms. The monoisotopic (exact) mass is 225 g/mol. The van der Waals surface area contributed by atoms with Gasteiger partial charge < -0.3 is 14.2 Å². The maximum absolute atomic E-state index is 5.18. The number of nitrogens with zero attached hydrogens (tertiary/aromatic N) is 1. The molecule has 0 aliphatic carbocycles. The van der Waals surface area contributed by atoms with Gasteiger partial charge in [0.2, 0.25) is 5.75 Å². The Morgan fingerprint density at radius 3 is 2.20 bits per heavy atom. The van der Waals surface area contributed by atoms with Crippen LogP contribution in [0.3, 0.4) is 0 Å². The lowest BCUT2D eigenvalue weighted by Crippen LogP contribution is -1.94. The third-order valence-corrected chi connectivity index (χ3v) is 1.94. The molecule has 0 atom stereocenters. The number of benzene rings is 1. The molecule has 0 bridgehead atoms. The first kappa shape index (κ1) is 11.5. The van der Waals surface area contributed by atoms with Crippen LogP contribution >= 0.6 is 12.2 Å². The van der Waals surface area contributed by atoms with Crippen molar-refractivity contribution >= 4 is 23.1 Å². The fourth-order valence-electron chi connectivity index (χ4n) is 1.22. The molecule has 0 aliphatic heterocycles. The second-order valence-electron chi connectivity index (χ2n) is 2.56. The standard InChI is InChI=1S/C10H11NO3S/c1-12-8-5-4-7(11-6-15)9(13-2)10(8)14-3/h4-5H,1-3H3. The predicted molar refractivity (Wildman–Crippen MR) is 60.8 cm³/mol. The van der Waals surface area contributed by atoms with Crippen LogP contribution in [0.4, 0.5) is 5.69 Å². The molecular weight excluding hydrogens is 214 g/mol. The molecule has 0 saturated carbocycles. The highest BCUT2D eigenvalue weighted by Crippen LogP contribution is 2.43. The molecule has 0 aliphatic rings. The molecule has 0 spiro atoms. The van der Waals surface area contributed by atoms with E-state index in [1.54, 1.807) is 19.2 Å². The van der Waals surface area contributed by atoms with Gasteiger partial charge in [0.15, 0.2) is 11.5 Å². The highest BCUT2D eigenvalue weighted by molar-refractivity contribution is 7.78. The molecule has 5 heteroatoms. The zero-order valence-corrected chi connectivity index (χ0v) is 9.55. The van der Waals surface area contributed by atoms with Gasteiger partial charge in [-0.2, -0.15) is 4.99 Å². The number of rotatable bonds is 4. The van der Waals surface area contributed by atoms with E-state index in [2.05, 4.69) is 22.4 Å². The van der Waals surface area contributed by atoms with Crippen molar-refractivity contribution < 1.29 is 14.2 Å². The van der Waals surface area contributed by atoms with Gasteiger partial charge in [0.1, 0.15) is 5.69 Å². The van der Waals surface area contributed by atoms with E-state index in [-0.39, 0.29) is 0 Å². The zero-order chi connectivity index (χ0) is 11.3. The molecule has 80 valence electrons. The summed E-state index contributed by atoms with van der Waals surface area (Å²) in [6, 6.07) is 3.45. The molecule has 0 amide bonds. The topological polar surface area (TPSA) is 40.0 Å². The number of methoxy groups -OCH3 is 3. The number of isothiocyanates is 1. The van der Waals surface area contributed by atoms with Crippen LogP contribution in [0.25, 0.3) is 0 Å². The summed E-state index contributed by atoms with van der Waals surface area (Å²) in [5, 5.41) is 2.28. The fourth-order valence-corrected chi connectivity index (χ4v) is 1.32. The summed E-state index contributed by atoms with van der Waals surface area (Å²) in [5.41, 5.74) is 0.560. The Bertz CT molecular complexity index is 400. The van der Waals surface area contributed by atoms with Gasteiger partial charge >= 0.3 is 0 Å². The highest BCUT2D eigenvalue weighted by atomic mass is 32.1. The molecule has 0 N–H and O–H groups in total. The summed E-state index contributed by atoms with van der Waals surface area (Å²) >= 11 is 4.54. The number of hydrogen-bond donors (Lipinski definition) is 0. The van der Waals surface area contributed by atoms with E-state index < -0.39 is 0 Å². The number of ether oxygens (including phenoxy) is 3. The van der Waals surface area contributed by atoms with Gasteiger partial charge in [-0.3, -0.25) is 0 Å². The summed E-state index contributed by atoms with van der Waals surface area (Å²) in [5.74, 6) is 1.55. The van der Waals surface area contributed by atoms with Gasteiger partial charge in [-0.1, -0.05) is 0 Å². The summed E-state index contributed by atoms with van der Waals surface area (Å²) < 4.78 is 15.5. The first-order valence-corrected chi connectivity index (χ1v) is 4.56. The summed E-state index contributed by atoms with van der Waals surface area (Å²) in [7, 11) is 4.62. The normalized spacial score (nSPS) is 9.00. The van der Waals surface area contributed by atoms with E-state index in [1.165, 1.54) is 14.2 Å². The molecule has 0 fully saturated rings. The number of aliphatic imine (C=N–C) groups is 1. The molecule has 0 heterocycles. The lowest BCUT2D eigenvalue weighted by molar-refractivity contribution is 0.325. The summed E-state index contributed by atoms with van der Waals surface area (Å²) in [6.07, 6.45) is 0. The lowest BCUT2D eigenvalue weighted by Gasteiger charge is -2.12. The van der Waals surface area contributed by atoms with Gasteiger partial charge in [-0.05, 0) is 24.4 Å². The zero-order valence-electron chi connectivity index (χ0n) is 8.73. The van der Waals surface area contributed by atoms with E-state index in [0.717, 1.165) is 0 Å². The van der Waals surface area contributed by atoms with Crippen molar-refractivity contribution in [2.75, 3.05) is 21.3 Å². The minimum atomic E-state index is 0.481. The lowest BCUT2D eigenvalue weighted by atomic mass is 10.2. The minimum Gasteiger partial charge on any atom is -0.493 e. The SMILES string of the molecule is COc1ccc(N=C=S)c(OC)c1OC. The average molecular weight is 225 g/mol. The van der Waals surface area contributed by atoms with Gasteiger partial charge in [-0.15, -0.1) is 0 Å². The van der Waals surface area contributed by atoms with Crippen molar-refractivity contribution in [2.24, 2.45) is 4.99 Å². The minimum absolute atomic E-state index is 0.481. The molecule has 0 radical (unpaired) electrons. The Kier molecular flexibility index (Phi) is 4.09.